The highest BCUT2D eigenvalue weighted by Gasteiger charge is 2.65. The molecule has 1 amide bonds. The van der Waals surface area contributed by atoms with Gasteiger partial charge in [0.1, 0.15) is 4.93 Å². The lowest BCUT2D eigenvalue weighted by Gasteiger charge is -2.63. The third-order valence-corrected chi connectivity index (χ3v) is 11.6. The van der Waals surface area contributed by atoms with Gasteiger partial charge in [-0.3, -0.25) is 5.32 Å². The van der Waals surface area contributed by atoms with Crippen LogP contribution < -0.4 is 5.32 Å². The number of aromatic nitrogens is 2. The van der Waals surface area contributed by atoms with E-state index in [2.05, 4.69) is 46.0 Å². The predicted molar refractivity (Wildman–Crippen MR) is 138 cm³/mol. The van der Waals surface area contributed by atoms with Crippen molar-refractivity contribution in [2.45, 2.75) is 80.0 Å². The first-order valence-electron chi connectivity index (χ1n) is 12.7. The SMILES string of the molecule is COC(=O)Nc1nc2ccc(SC3C[C@@H]4O[C@@]5(S)CC[C@H]6[C@H](C)CCC([C@H]3C)[C@@]46CC5)cc2[nH]1. The molecular weight excluding hydrogens is 466 g/mol. The Morgan fingerprint density at radius 3 is 2.91 bits per heavy atom. The minimum Gasteiger partial charge on any atom is -0.453 e. The van der Waals surface area contributed by atoms with Crippen LogP contribution in [0.4, 0.5) is 10.7 Å². The molecule has 3 saturated carbocycles. The van der Waals surface area contributed by atoms with Crippen LogP contribution in [0.2, 0.25) is 0 Å². The number of benzene rings is 1. The van der Waals surface area contributed by atoms with E-state index in [1.807, 2.05) is 17.8 Å². The second kappa shape index (κ2) is 8.34. The van der Waals surface area contributed by atoms with Crippen molar-refractivity contribution in [2.24, 2.45) is 29.1 Å². The fourth-order valence-electron chi connectivity index (χ4n) is 7.99. The molecule has 2 N–H and O–H groups in total. The summed E-state index contributed by atoms with van der Waals surface area (Å²) in [7, 11) is 1.34. The summed E-state index contributed by atoms with van der Waals surface area (Å²) in [5.41, 5.74) is 2.09. The first-order valence-corrected chi connectivity index (χ1v) is 14.1. The molecule has 3 aliphatic carbocycles. The van der Waals surface area contributed by atoms with Crippen LogP contribution in [-0.4, -0.2) is 39.5 Å². The van der Waals surface area contributed by atoms with Crippen LogP contribution in [0.15, 0.2) is 23.1 Å². The number of methoxy groups -OCH3 is 1. The monoisotopic (exact) mass is 501 g/mol. The molecule has 1 aromatic heterocycles. The summed E-state index contributed by atoms with van der Waals surface area (Å²) in [5.74, 6) is 3.36. The molecule has 2 aliphatic heterocycles. The van der Waals surface area contributed by atoms with Crippen LogP contribution in [-0.2, 0) is 9.47 Å². The molecule has 34 heavy (non-hydrogen) atoms. The number of ether oxygens (including phenoxy) is 2. The Kier molecular flexibility index (Phi) is 5.65. The number of nitrogens with one attached hydrogen (secondary N) is 2. The number of hydrogen-bond donors (Lipinski definition) is 3. The fourth-order valence-corrected chi connectivity index (χ4v) is 9.72. The van der Waals surface area contributed by atoms with Gasteiger partial charge in [0, 0.05) is 15.6 Å². The van der Waals surface area contributed by atoms with Crippen molar-refractivity contribution >= 4 is 47.5 Å². The number of aromatic amines is 1. The molecule has 5 aliphatic rings. The number of carbonyl (C=O) groups is 1. The van der Waals surface area contributed by atoms with Crippen molar-refractivity contribution in [1.29, 1.82) is 0 Å². The van der Waals surface area contributed by atoms with E-state index >= 15 is 0 Å². The van der Waals surface area contributed by atoms with E-state index in [1.54, 1.807) is 0 Å². The lowest BCUT2D eigenvalue weighted by molar-refractivity contribution is -0.212. The van der Waals surface area contributed by atoms with E-state index < -0.39 is 6.09 Å². The van der Waals surface area contributed by atoms with Gasteiger partial charge in [-0.05, 0) is 80.4 Å². The van der Waals surface area contributed by atoms with Crippen molar-refractivity contribution in [3.63, 3.8) is 0 Å². The lowest BCUT2D eigenvalue weighted by atomic mass is 9.46. The van der Waals surface area contributed by atoms with Crippen LogP contribution in [0.1, 0.15) is 58.8 Å². The van der Waals surface area contributed by atoms with Gasteiger partial charge in [0.25, 0.3) is 0 Å². The van der Waals surface area contributed by atoms with Gasteiger partial charge in [-0.2, -0.15) is 0 Å². The Balaban J connectivity index is 1.27. The van der Waals surface area contributed by atoms with Crippen LogP contribution in [0.3, 0.4) is 0 Å². The topological polar surface area (TPSA) is 76.2 Å². The molecule has 2 bridgehead atoms. The Bertz CT molecular complexity index is 1110. The molecule has 2 saturated heterocycles. The van der Waals surface area contributed by atoms with Crippen LogP contribution in [0.5, 0.6) is 0 Å². The van der Waals surface area contributed by atoms with E-state index in [1.165, 1.54) is 37.7 Å². The van der Waals surface area contributed by atoms with E-state index in [-0.39, 0.29) is 4.93 Å². The summed E-state index contributed by atoms with van der Waals surface area (Å²) in [6, 6.07) is 6.33. The van der Waals surface area contributed by atoms with E-state index in [9.17, 15) is 4.79 Å². The van der Waals surface area contributed by atoms with Crippen molar-refractivity contribution in [3.8, 4) is 0 Å². The standard InChI is InChI=1S/C26H35N3O3S2/c1-14-4-6-18-15(2)21(13-22-26(18)11-10-25(33,32-22)9-8-17(14)26)34-16-5-7-19-20(12-16)28-23(27-19)29-24(30)31-3/h5,7,12,14-15,17-18,21-22,33H,4,6,8-11,13H2,1-3H3,(H2,27,28,29,30)/t14-,15-,17+,18?,21?,22+,25-,26+/m1/s1. The fraction of sp³-hybridized carbons (Fsp3) is 0.692. The van der Waals surface area contributed by atoms with Gasteiger partial charge >= 0.3 is 6.09 Å². The van der Waals surface area contributed by atoms with Crippen molar-refractivity contribution in [1.82, 2.24) is 9.97 Å². The second-order valence-corrected chi connectivity index (χ2v) is 13.2. The Morgan fingerprint density at radius 1 is 1.24 bits per heavy atom. The van der Waals surface area contributed by atoms with Crippen molar-refractivity contribution < 1.29 is 14.3 Å². The van der Waals surface area contributed by atoms with Gasteiger partial charge in [0.15, 0.2) is 0 Å². The molecule has 8 atom stereocenters. The largest absolute Gasteiger partial charge is 0.453 e. The molecule has 1 aromatic carbocycles. The molecule has 0 radical (unpaired) electrons. The number of anilines is 1. The first kappa shape index (κ1) is 23.0. The number of H-pyrrole nitrogens is 1. The number of rotatable bonds is 3. The molecule has 5 fully saturated rings. The Morgan fingerprint density at radius 2 is 2.09 bits per heavy atom. The van der Waals surface area contributed by atoms with E-state index in [0.717, 1.165) is 48.0 Å². The average molecular weight is 502 g/mol. The second-order valence-electron chi connectivity index (χ2n) is 11.1. The zero-order chi connectivity index (χ0) is 23.7. The zero-order valence-electron chi connectivity index (χ0n) is 20.2. The molecule has 6 nitrogen and oxygen atoms in total. The highest BCUT2D eigenvalue weighted by Crippen LogP contribution is 2.68. The number of carbonyl (C=O) groups excluding carboxylic acids is 1. The van der Waals surface area contributed by atoms with E-state index in [0.29, 0.717) is 28.6 Å². The highest BCUT2D eigenvalue weighted by molar-refractivity contribution is 8.00. The maximum atomic E-state index is 11.5. The molecule has 8 heteroatoms. The minimum absolute atomic E-state index is 0.231. The zero-order valence-corrected chi connectivity index (χ0v) is 21.9. The van der Waals surface area contributed by atoms with E-state index in [4.69, 9.17) is 17.4 Å². The number of amides is 1. The van der Waals surface area contributed by atoms with Crippen LogP contribution in [0.25, 0.3) is 11.0 Å². The number of fused-ring (bicyclic) bond motifs is 3. The number of hydrogen-bond acceptors (Lipinski definition) is 6. The van der Waals surface area contributed by atoms with Crippen LogP contribution >= 0.6 is 24.4 Å². The summed E-state index contributed by atoms with van der Waals surface area (Å²) in [4.78, 5) is 20.2. The molecule has 2 aromatic rings. The molecule has 7 rings (SSSR count). The molecule has 3 heterocycles. The van der Waals surface area contributed by atoms with Gasteiger partial charge in [-0.25, -0.2) is 9.78 Å². The summed E-state index contributed by atoms with van der Waals surface area (Å²) < 4.78 is 11.6. The van der Waals surface area contributed by atoms with Gasteiger partial charge in [-0.15, -0.1) is 24.4 Å². The molecular formula is C26H35N3O3S2. The lowest BCUT2D eigenvalue weighted by Crippen LogP contribution is -2.62. The molecule has 2 unspecified atom stereocenters. The summed E-state index contributed by atoms with van der Waals surface area (Å²) in [5, 5.41) is 3.13. The third kappa shape index (κ3) is 3.58. The van der Waals surface area contributed by atoms with Gasteiger partial charge in [-0.1, -0.05) is 20.3 Å². The highest BCUT2D eigenvalue weighted by atomic mass is 32.2. The van der Waals surface area contributed by atoms with Crippen molar-refractivity contribution in [3.05, 3.63) is 18.2 Å². The number of imidazole rings is 1. The predicted octanol–water partition coefficient (Wildman–Crippen LogP) is 6.49. The van der Waals surface area contributed by atoms with Gasteiger partial charge in [0.2, 0.25) is 5.95 Å². The Hall–Kier alpha value is -1.38. The molecule has 1 spiro atoms. The third-order valence-electron chi connectivity index (χ3n) is 9.57. The smallest absolute Gasteiger partial charge is 0.413 e. The quantitative estimate of drug-likeness (QED) is 0.419. The van der Waals surface area contributed by atoms with Gasteiger partial charge in [0.05, 0.1) is 24.2 Å². The minimum atomic E-state index is -0.529. The average Bonchev–Trinajstić information content (AvgIpc) is 3.07. The molecule has 184 valence electrons. The maximum Gasteiger partial charge on any atom is 0.413 e. The first-order chi connectivity index (χ1) is 16.3. The number of thiol groups is 1. The number of nitrogens with zero attached hydrogens (tertiary/aromatic N) is 1. The number of thioether (sulfide) groups is 1. The summed E-state index contributed by atoms with van der Waals surface area (Å²) >= 11 is 7.06. The summed E-state index contributed by atoms with van der Waals surface area (Å²) in [6.07, 6.45) is 8.34. The Labute approximate surface area is 211 Å². The van der Waals surface area contributed by atoms with Crippen LogP contribution in [0, 0.1) is 29.1 Å². The van der Waals surface area contributed by atoms with Gasteiger partial charge < -0.3 is 14.5 Å². The maximum absolute atomic E-state index is 11.5. The van der Waals surface area contributed by atoms with Crippen molar-refractivity contribution in [2.75, 3.05) is 12.4 Å². The summed E-state index contributed by atoms with van der Waals surface area (Å²) in [6.45, 7) is 4.99. The normalized spacial score (nSPS) is 41.1.